The molecule has 0 aliphatic carbocycles. The number of ether oxygens (including phenoxy) is 1. The van der Waals surface area contributed by atoms with E-state index in [1.807, 2.05) is 42.5 Å². The normalized spacial score (nSPS) is 15.7. The highest BCUT2D eigenvalue weighted by Crippen LogP contribution is 2.27. The number of carbonyl (C=O) groups excluding carboxylic acids is 1. The number of fused-ring (bicyclic) bond motifs is 1. The zero-order valence-corrected chi connectivity index (χ0v) is 21.1. The van der Waals surface area contributed by atoms with Gasteiger partial charge in [-0.15, -0.1) is 5.10 Å². The standard InChI is InChI=1S/C24H23IN4O4S/c25-28-29-26-14-19(12-17-6-2-1-3-7-17)23(30)13-18-8-4-10-22-21(18)9-5-11-24(22)34(31,32)27-20-15-33-16-20/h1-11,14,19-20,27H,12-13,15-16H2/b26-14+,29-28?/t19-/m1/s1. The summed E-state index contributed by atoms with van der Waals surface area (Å²) in [6.07, 6.45) is 2.14. The Morgan fingerprint density at radius 2 is 1.79 bits per heavy atom. The van der Waals surface area contributed by atoms with E-state index in [1.165, 1.54) is 6.21 Å². The minimum atomic E-state index is -3.72. The molecule has 1 aliphatic rings. The van der Waals surface area contributed by atoms with Crippen LogP contribution in [0, 0.1) is 5.92 Å². The van der Waals surface area contributed by atoms with Crippen molar-refractivity contribution in [1.82, 2.24) is 4.72 Å². The van der Waals surface area contributed by atoms with Crippen molar-refractivity contribution in [3.05, 3.63) is 77.9 Å². The van der Waals surface area contributed by atoms with Crippen LogP contribution < -0.4 is 4.72 Å². The van der Waals surface area contributed by atoms with Gasteiger partial charge in [-0.1, -0.05) is 64.0 Å². The molecule has 4 rings (SSSR count). The molecule has 0 amide bonds. The highest BCUT2D eigenvalue weighted by Gasteiger charge is 2.27. The fourth-order valence-electron chi connectivity index (χ4n) is 3.89. The van der Waals surface area contributed by atoms with Gasteiger partial charge in [0.1, 0.15) is 28.6 Å². The molecule has 1 N–H and O–H groups in total. The van der Waals surface area contributed by atoms with E-state index >= 15 is 0 Å². The quantitative estimate of drug-likeness (QED) is 0.165. The van der Waals surface area contributed by atoms with Crippen molar-refractivity contribution in [3.8, 4) is 0 Å². The van der Waals surface area contributed by atoms with Crippen LogP contribution in [0.2, 0.25) is 0 Å². The second-order valence-corrected chi connectivity index (χ2v) is 10.1. The summed E-state index contributed by atoms with van der Waals surface area (Å²) < 4.78 is 37.3. The molecule has 3 aromatic carbocycles. The van der Waals surface area contributed by atoms with Crippen molar-refractivity contribution in [3.63, 3.8) is 0 Å². The number of ketones is 1. The predicted molar refractivity (Wildman–Crippen MR) is 139 cm³/mol. The average Bonchev–Trinajstić information content (AvgIpc) is 2.81. The Morgan fingerprint density at radius 1 is 1.06 bits per heavy atom. The van der Waals surface area contributed by atoms with Crippen LogP contribution in [-0.4, -0.2) is 39.7 Å². The van der Waals surface area contributed by atoms with Crippen LogP contribution in [0.4, 0.5) is 0 Å². The second-order valence-electron chi connectivity index (χ2n) is 7.99. The average molecular weight is 590 g/mol. The molecule has 1 aliphatic heterocycles. The van der Waals surface area contributed by atoms with Gasteiger partial charge < -0.3 is 4.74 Å². The number of hydrogen-bond donors (Lipinski definition) is 1. The van der Waals surface area contributed by atoms with Crippen molar-refractivity contribution < 1.29 is 17.9 Å². The lowest BCUT2D eigenvalue weighted by molar-refractivity contribution is -0.120. The van der Waals surface area contributed by atoms with Gasteiger partial charge in [0.25, 0.3) is 0 Å². The third-order valence-corrected chi connectivity index (χ3v) is 7.40. The van der Waals surface area contributed by atoms with E-state index < -0.39 is 15.9 Å². The Morgan fingerprint density at radius 3 is 2.50 bits per heavy atom. The molecular weight excluding hydrogens is 567 g/mol. The first kappa shape index (κ1) is 24.6. The molecular formula is C24H23IN4O4S. The first-order chi connectivity index (χ1) is 16.5. The van der Waals surface area contributed by atoms with Crippen molar-refractivity contribution in [2.75, 3.05) is 13.2 Å². The topological polar surface area (TPSA) is 110 Å². The monoisotopic (exact) mass is 590 g/mol. The van der Waals surface area contributed by atoms with Gasteiger partial charge in [-0.05, 0) is 34.2 Å². The van der Waals surface area contributed by atoms with Crippen LogP contribution in [0.15, 0.2) is 85.3 Å². The van der Waals surface area contributed by atoms with Gasteiger partial charge in [0.2, 0.25) is 10.0 Å². The van der Waals surface area contributed by atoms with Crippen LogP contribution in [0.1, 0.15) is 11.1 Å². The number of hydrogen-bond acceptors (Lipinski definition) is 6. The van der Waals surface area contributed by atoms with Crippen LogP contribution in [0.3, 0.4) is 0 Å². The van der Waals surface area contributed by atoms with E-state index in [4.69, 9.17) is 4.74 Å². The number of rotatable bonds is 10. The van der Waals surface area contributed by atoms with Gasteiger partial charge in [-0.2, -0.15) is 0 Å². The lowest BCUT2D eigenvalue weighted by Gasteiger charge is -2.26. The summed E-state index contributed by atoms with van der Waals surface area (Å²) in [5.41, 5.74) is 1.77. The van der Waals surface area contributed by atoms with E-state index in [2.05, 4.69) is 18.4 Å². The maximum Gasteiger partial charge on any atom is 0.241 e. The lowest BCUT2D eigenvalue weighted by Crippen LogP contribution is -2.48. The number of halogens is 1. The van der Waals surface area contributed by atoms with Crippen molar-refractivity contribution in [2.24, 2.45) is 19.6 Å². The molecule has 34 heavy (non-hydrogen) atoms. The minimum absolute atomic E-state index is 0.0400. The molecule has 10 heteroatoms. The summed E-state index contributed by atoms with van der Waals surface area (Å²) in [6, 6.07) is 20.0. The first-order valence-electron chi connectivity index (χ1n) is 10.7. The minimum Gasteiger partial charge on any atom is -0.378 e. The molecule has 1 saturated heterocycles. The molecule has 0 spiro atoms. The lowest BCUT2D eigenvalue weighted by atomic mass is 9.91. The predicted octanol–water partition coefficient (Wildman–Crippen LogP) is 4.28. The Balaban J connectivity index is 1.62. The van der Waals surface area contributed by atoms with Gasteiger partial charge in [0.05, 0.1) is 30.1 Å². The van der Waals surface area contributed by atoms with Gasteiger partial charge in [-0.25, -0.2) is 13.1 Å². The number of sulfonamides is 1. The second kappa shape index (κ2) is 11.3. The SMILES string of the molecule is O=C(Cc1cccc2c(S(=O)(=O)NC3COC3)cccc12)[C@@H](/C=N/N=NI)Cc1ccccc1. The zero-order valence-electron chi connectivity index (χ0n) is 18.2. The summed E-state index contributed by atoms with van der Waals surface area (Å²) in [5.74, 6) is -0.534. The summed E-state index contributed by atoms with van der Waals surface area (Å²) >= 11 is 1.72. The van der Waals surface area contributed by atoms with Crippen LogP contribution >= 0.6 is 22.9 Å². The summed E-state index contributed by atoms with van der Waals surface area (Å²) in [6.45, 7) is 0.733. The number of nitrogens with zero attached hydrogens (tertiary/aromatic N) is 3. The Hall–Kier alpha value is -2.54. The molecule has 1 atom stereocenters. The molecule has 0 bridgehead atoms. The Labute approximate surface area is 212 Å². The molecule has 0 aromatic heterocycles. The van der Waals surface area contributed by atoms with Gasteiger partial charge in [-0.3, -0.25) is 4.79 Å². The highest BCUT2D eigenvalue weighted by molar-refractivity contribution is 14.1. The Kier molecular flexibility index (Phi) is 8.14. The van der Waals surface area contributed by atoms with Gasteiger partial charge >= 0.3 is 0 Å². The third-order valence-electron chi connectivity index (χ3n) is 5.63. The van der Waals surface area contributed by atoms with E-state index in [0.29, 0.717) is 25.0 Å². The molecule has 8 nitrogen and oxygen atoms in total. The fraction of sp³-hybridized carbons (Fsp3) is 0.250. The molecule has 176 valence electrons. The third kappa shape index (κ3) is 5.93. The van der Waals surface area contributed by atoms with Crippen molar-refractivity contribution in [2.45, 2.75) is 23.8 Å². The van der Waals surface area contributed by atoms with Gasteiger partial charge in [0.15, 0.2) is 0 Å². The van der Waals surface area contributed by atoms with E-state index in [9.17, 15) is 13.2 Å². The molecule has 0 radical (unpaired) electrons. The number of carbonyl (C=O) groups is 1. The number of benzene rings is 3. The summed E-state index contributed by atoms with van der Waals surface area (Å²) in [7, 11) is -3.72. The van der Waals surface area contributed by atoms with E-state index in [1.54, 1.807) is 47.1 Å². The first-order valence-corrected chi connectivity index (χ1v) is 13.1. The van der Waals surface area contributed by atoms with E-state index in [-0.39, 0.29) is 23.1 Å². The number of Topliss-reactive ketones (excluding diaryl/α,β-unsaturated/α-hetero) is 1. The molecule has 0 saturated carbocycles. The molecule has 1 heterocycles. The summed E-state index contributed by atoms with van der Waals surface area (Å²) in [5, 5.41) is 8.82. The van der Waals surface area contributed by atoms with Crippen LogP contribution in [0.5, 0.6) is 0 Å². The Bertz CT molecular complexity index is 1330. The molecule has 0 unspecified atom stereocenters. The number of nitrogens with one attached hydrogen (secondary N) is 1. The molecule has 1 fully saturated rings. The summed E-state index contributed by atoms with van der Waals surface area (Å²) in [4.78, 5) is 13.5. The fourth-order valence-corrected chi connectivity index (χ4v) is 5.43. The smallest absolute Gasteiger partial charge is 0.241 e. The molecule has 3 aromatic rings. The largest absolute Gasteiger partial charge is 0.378 e. The van der Waals surface area contributed by atoms with Gasteiger partial charge in [0, 0.05) is 18.0 Å². The highest BCUT2D eigenvalue weighted by atomic mass is 127. The van der Waals surface area contributed by atoms with Crippen LogP contribution in [0.25, 0.3) is 10.8 Å². The van der Waals surface area contributed by atoms with Crippen LogP contribution in [-0.2, 0) is 32.4 Å². The zero-order chi connectivity index (χ0) is 24.0. The van der Waals surface area contributed by atoms with Crippen molar-refractivity contribution >= 4 is 55.7 Å². The maximum atomic E-state index is 13.3. The van der Waals surface area contributed by atoms with E-state index in [0.717, 1.165) is 16.5 Å². The van der Waals surface area contributed by atoms with Crippen molar-refractivity contribution in [1.29, 1.82) is 0 Å². The maximum absolute atomic E-state index is 13.3.